The predicted octanol–water partition coefficient (Wildman–Crippen LogP) is 0.841. The first-order valence-electron chi connectivity index (χ1n) is 9.21. The molecular weight excluding hydrogens is 367 g/mol. The van der Waals surface area contributed by atoms with Crippen molar-refractivity contribution in [3.05, 3.63) is 0 Å². The monoisotopic (exact) mass is 391 g/mol. The number of carbonyl (C=O) groups is 3. The summed E-state index contributed by atoms with van der Waals surface area (Å²) in [5, 5.41) is 11.8. The molecule has 1 saturated heterocycles. The van der Waals surface area contributed by atoms with Gasteiger partial charge in [-0.15, -0.1) is 0 Å². The molecule has 0 aromatic carbocycles. The Morgan fingerprint density at radius 2 is 1.93 bits per heavy atom. The van der Waals surface area contributed by atoms with Crippen LogP contribution < -0.4 is 5.32 Å². The zero-order valence-electron chi connectivity index (χ0n) is 14.9. The van der Waals surface area contributed by atoms with Gasteiger partial charge in [0.2, 0.25) is 11.8 Å². The van der Waals surface area contributed by atoms with E-state index >= 15 is 0 Å². The van der Waals surface area contributed by atoms with Crippen molar-refractivity contribution in [2.45, 2.75) is 50.4 Å². The molecule has 1 heterocycles. The lowest BCUT2D eigenvalue weighted by atomic mass is 9.84. The highest BCUT2D eigenvalue weighted by atomic mass is 19.4. The molecule has 1 aliphatic heterocycles. The summed E-state index contributed by atoms with van der Waals surface area (Å²) in [5.41, 5.74) is 0. The molecule has 0 radical (unpaired) electrons. The Bertz CT molecular complexity index is 603. The smallest absolute Gasteiger partial charge is 0.406 e. The van der Waals surface area contributed by atoms with Crippen molar-refractivity contribution < 1.29 is 32.7 Å². The van der Waals surface area contributed by atoms with Crippen LogP contribution in [0.15, 0.2) is 0 Å². The van der Waals surface area contributed by atoms with Gasteiger partial charge in [-0.25, -0.2) is 0 Å². The molecule has 3 aliphatic rings. The average Bonchev–Trinajstić information content (AvgIpc) is 3.23. The quantitative estimate of drug-likeness (QED) is 0.640. The maximum absolute atomic E-state index is 12.4. The van der Waals surface area contributed by atoms with E-state index in [4.69, 9.17) is 5.11 Å². The topological polar surface area (TPSA) is 90.0 Å². The van der Waals surface area contributed by atoms with Crippen LogP contribution in [0, 0.1) is 11.8 Å². The molecule has 0 aromatic heterocycles. The number of nitrogens with zero attached hydrogens (tertiary/aromatic N) is 2. The minimum Gasteiger partial charge on any atom is -0.480 e. The number of carboxylic acid groups (broad SMARTS) is 1. The Hall–Kier alpha value is -1.84. The minimum atomic E-state index is -4.47. The van der Waals surface area contributed by atoms with Crippen molar-refractivity contribution in [3.8, 4) is 0 Å². The van der Waals surface area contributed by atoms with Gasteiger partial charge in [-0.3, -0.25) is 19.3 Å². The number of carbonyl (C=O) groups excluding carboxylic acids is 2. The van der Waals surface area contributed by atoms with Gasteiger partial charge in [0.15, 0.2) is 0 Å². The number of aliphatic carboxylic acids is 1. The number of likely N-dealkylation sites (tertiary alicyclic amines) is 1. The maximum Gasteiger partial charge on any atom is 0.406 e. The molecule has 1 unspecified atom stereocenters. The summed E-state index contributed by atoms with van der Waals surface area (Å²) in [7, 11) is 0. The Labute approximate surface area is 154 Å². The number of halogens is 3. The molecule has 2 saturated carbocycles. The first-order valence-corrected chi connectivity index (χ1v) is 9.21. The molecule has 0 bridgehead atoms. The summed E-state index contributed by atoms with van der Waals surface area (Å²) < 4.78 is 37.3. The summed E-state index contributed by atoms with van der Waals surface area (Å²) in [6.07, 6.45) is -1.19. The van der Waals surface area contributed by atoms with Gasteiger partial charge in [-0.05, 0) is 31.6 Å². The molecule has 2 amide bonds. The van der Waals surface area contributed by atoms with E-state index in [9.17, 15) is 27.6 Å². The van der Waals surface area contributed by atoms with Crippen LogP contribution in [-0.4, -0.2) is 77.1 Å². The minimum absolute atomic E-state index is 0.0225. The third-order valence-corrected chi connectivity index (χ3v) is 5.46. The summed E-state index contributed by atoms with van der Waals surface area (Å²) in [6, 6.07) is -0.0243. The van der Waals surface area contributed by atoms with Crippen LogP contribution in [0.3, 0.4) is 0 Å². The van der Waals surface area contributed by atoms with E-state index in [1.807, 2.05) is 4.90 Å². The Morgan fingerprint density at radius 3 is 2.48 bits per heavy atom. The summed E-state index contributed by atoms with van der Waals surface area (Å²) in [4.78, 5) is 37.6. The lowest BCUT2D eigenvalue weighted by Crippen LogP contribution is -2.56. The van der Waals surface area contributed by atoms with Gasteiger partial charge in [0, 0.05) is 31.6 Å². The van der Waals surface area contributed by atoms with Crippen LogP contribution in [0.2, 0.25) is 0 Å². The highest BCUT2D eigenvalue weighted by Gasteiger charge is 2.42. The lowest BCUT2D eigenvalue weighted by Gasteiger charge is -2.43. The molecule has 27 heavy (non-hydrogen) atoms. The third-order valence-electron chi connectivity index (χ3n) is 5.46. The van der Waals surface area contributed by atoms with E-state index in [2.05, 4.69) is 5.32 Å². The zero-order valence-corrected chi connectivity index (χ0v) is 14.9. The van der Waals surface area contributed by atoms with Crippen molar-refractivity contribution in [2.75, 3.05) is 26.2 Å². The largest absolute Gasteiger partial charge is 0.480 e. The van der Waals surface area contributed by atoms with Gasteiger partial charge in [-0.1, -0.05) is 0 Å². The van der Waals surface area contributed by atoms with Crippen LogP contribution in [-0.2, 0) is 14.4 Å². The fourth-order valence-electron chi connectivity index (χ4n) is 3.79. The first kappa shape index (κ1) is 19.9. The summed E-state index contributed by atoms with van der Waals surface area (Å²) >= 11 is 0. The van der Waals surface area contributed by atoms with E-state index in [0.717, 1.165) is 19.4 Å². The van der Waals surface area contributed by atoms with E-state index in [1.54, 1.807) is 0 Å². The number of hydrogen-bond donors (Lipinski definition) is 2. The average molecular weight is 391 g/mol. The molecule has 2 aliphatic carbocycles. The number of rotatable bonds is 8. The van der Waals surface area contributed by atoms with Gasteiger partial charge < -0.3 is 15.3 Å². The predicted molar refractivity (Wildman–Crippen MR) is 87.6 cm³/mol. The van der Waals surface area contributed by atoms with Gasteiger partial charge in [0.25, 0.3) is 0 Å². The lowest BCUT2D eigenvalue weighted by molar-refractivity contribution is -0.157. The summed E-state index contributed by atoms with van der Waals surface area (Å²) in [6.45, 7) is -0.813. The van der Waals surface area contributed by atoms with E-state index < -0.39 is 36.4 Å². The number of hydrogen-bond acceptors (Lipinski definition) is 4. The van der Waals surface area contributed by atoms with Crippen molar-refractivity contribution in [1.29, 1.82) is 0 Å². The Balaban J connectivity index is 1.43. The molecule has 3 fully saturated rings. The second-order valence-electron chi connectivity index (χ2n) is 7.89. The van der Waals surface area contributed by atoms with Crippen molar-refractivity contribution >= 4 is 17.8 Å². The van der Waals surface area contributed by atoms with Gasteiger partial charge >= 0.3 is 12.1 Å². The SMILES string of the molecule is O=C(O)CN(CC1CC1)C1CC(NC(=O)C2CC(=O)N(CC(F)(F)F)C2)C1. The van der Waals surface area contributed by atoms with Gasteiger partial charge in [-0.2, -0.15) is 13.2 Å². The highest BCUT2D eigenvalue weighted by Crippen LogP contribution is 2.34. The molecule has 0 spiro atoms. The second kappa shape index (κ2) is 7.65. The molecule has 1 atom stereocenters. The standard InChI is InChI=1S/C17H24F3N3O4/c18-17(19,20)9-23-7-11(3-14(23)24)16(27)21-12-4-13(5-12)22(8-15(25)26)6-10-1-2-10/h10-13H,1-9H2,(H,21,27)(H,25,26). The Morgan fingerprint density at radius 1 is 1.26 bits per heavy atom. The van der Waals surface area contributed by atoms with Crippen molar-refractivity contribution in [1.82, 2.24) is 15.1 Å². The van der Waals surface area contributed by atoms with E-state index in [-0.39, 0.29) is 31.6 Å². The molecular formula is C17H24F3N3O4. The van der Waals surface area contributed by atoms with Crippen LogP contribution in [0.4, 0.5) is 13.2 Å². The highest BCUT2D eigenvalue weighted by molar-refractivity contribution is 5.89. The van der Waals surface area contributed by atoms with Crippen LogP contribution in [0.25, 0.3) is 0 Å². The van der Waals surface area contributed by atoms with E-state index in [0.29, 0.717) is 23.7 Å². The van der Waals surface area contributed by atoms with Crippen LogP contribution >= 0.6 is 0 Å². The van der Waals surface area contributed by atoms with Crippen LogP contribution in [0.1, 0.15) is 32.1 Å². The molecule has 2 N–H and O–H groups in total. The molecule has 3 rings (SSSR count). The molecule has 10 heteroatoms. The molecule has 0 aromatic rings. The maximum atomic E-state index is 12.4. The Kier molecular flexibility index (Phi) is 5.64. The van der Waals surface area contributed by atoms with Gasteiger partial charge in [0.05, 0.1) is 12.5 Å². The number of carboxylic acids is 1. The zero-order chi connectivity index (χ0) is 19.8. The van der Waals surface area contributed by atoms with Crippen LogP contribution in [0.5, 0.6) is 0 Å². The third kappa shape index (κ3) is 5.57. The van der Waals surface area contributed by atoms with E-state index in [1.165, 1.54) is 0 Å². The number of amides is 2. The fraction of sp³-hybridized carbons (Fsp3) is 0.824. The molecule has 152 valence electrons. The van der Waals surface area contributed by atoms with Gasteiger partial charge in [0.1, 0.15) is 6.54 Å². The molecule has 7 nitrogen and oxygen atoms in total. The van der Waals surface area contributed by atoms with Crippen molar-refractivity contribution in [2.24, 2.45) is 11.8 Å². The number of nitrogens with one attached hydrogen (secondary N) is 1. The normalized spacial score (nSPS) is 28.4. The summed E-state index contributed by atoms with van der Waals surface area (Å²) in [5.74, 6) is -2.14. The second-order valence-corrected chi connectivity index (χ2v) is 7.89. The number of alkyl halides is 3. The first-order chi connectivity index (χ1) is 12.6. The fourth-order valence-corrected chi connectivity index (χ4v) is 3.79. The van der Waals surface area contributed by atoms with Crippen molar-refractivity contribution in [3.63, 3.8) is 0 Å².